The standard InChI is InChI=1S/C13H17NO5/c1-8(15)9-3-4-11(12(5-9)17-2)18-7-10-6-14-13(16)19-10/h3-5,8,10,15H,6-7H2,1-2H3,(H,14,16)/t8-,10?/m1/s1. The van der Waals surface area contributed by atoms with E-state index in [1.807, 2.05) is 0 Å². The molecule has 0 spiro atoms. The lowest BCUT2D eigenvalue weighted by molar-refractivity contribution is 0.103. The van der Waals surface area contributed by atoms with E-state index < -0.39 is 12.2 Å². The monoisotopic (exact) mass is 267 g/mol. The van der Waals surface area contributed by atoms with Crippen LogP contribution in [0.1, 0.15) is 18.6 Å². The number of hydrogen-bond acceptors (Lipinski definition) is 5. The van der Waals surface area contributed by atoms with E-state index in [1.165, 1.54) is 7.11 Å². The number of carbonyl (C=O) groups is 1. The van der Waals surface area contributed by atoms with Crippen LogP contribution in [-0.4, -0.2) is 37.6 Å². The molecule has 2 N–H and O–H groups in total. The molecule has 0 saturated carbocycles. The number of benzene rings is 1. The van der Waals surface area contributed by atoms with Crippen LogP contribution in [0.15, 0.2) is 18.2 Å². The van der Waals surface area contributed by atoms with E-state index >= 15 is 0 Å². The lowest BCUT2D eigenvalue weighted by Gasteiger charge is -2.14. The first-order valence-electron chi connectivity index (χ1n) is 6.03. The van der Waals surface area contributed by atoms with Gasteiger partial charge in [0, 0.05) is 0 Å². The van der Waals surface area contributed by atoms with Crippen molar-refractivity contribution in [2.24, 2.45) is 0 Å². The molecular weight excluding hydrogens is 250 g/mol. The minimum atomic E-state index is -0.567. The normalized spacial score (nSPS) is 19.5. The molecule has 19 heavy (non-hydrogen) atoms. The molecule has 1 amide bonds. The highest BCUT2D eigenvalue weighted by Crippen LogP contribution is 2.30. The first-order chi connectivity index (χ1) is 9.10. The smallest absolute Gasteiger partial charge is 0.407 e. The molecular formula is C13H17NO5. The molecule has 1 saturated heterocycles. The molecule has 1 heterocycles. The van der Waals surface area contributed by atoms with Crippen LogP contribution in [0, 0.1) is 0 Å². The summed E-state index contributed by atoms with van der Waals surface area (Å²) in [5.41, 5.74) is 0.748. The topological polar surface area (TPSA) is 77.0 Å². The van der Waals surface area contributed by atoms with E-state index in [-0.39, 0.29) is 12.7 Å². The van der Waals surface area contributed by atoms with Gasteiger partial charge in [0.2, 0.25) is 0 Å². The number of carbonyl (C=O) groups excluding carboxylic acids is 1. The second kappa shape index (κ2) is 5.79. The number of aliphatic hydroxyl groups excluding tert-OH is 1. The van der Waals surface area contributed by atoms with Crippen molar-refractivity contribution in [3.05, 3.63) is 23.8 Å². The fourth-order valence-corrected chi connectivity index (χ4v) is 1.77. The van der Waals surface area contributed by atoms with Gasteiger partial charge in [-0.05, 0) is 24.6 Å². The van der Waals surface area contributed by atoms with Crippen molar-refractivity contribution in [2.45, 2.75) is 19.1 Å². The minimum absolute atomic E-state index is 0.253. The summed E-state index contributed by atoms with van der Waals surface area (Å²) in [5, 5.41) is 12.1. The average molecular weight is 267 g/mol. The lowest BCUT2D eigenvalue weighted by atomic mass is 10.1. The summed E-state index contributed by atoms with van der Waals surface area (Å²) < 4.78 is 15.7. The van der Waals surface area contributed by atoms with Crippen molar-refractivity contribution in [1.29, 1.82) is 0 Å². The Hall–Kier alpha value is -1.95. The van der Waals surface area contributed by atoms with Crippen LogP contribution in [0.2, 0.25) is 0 Å². The van der Waals surface area contributed by atoms with E-state index in [4.69, 9.17) is 14.2 Å². The molecule has 0 radical (unpaired) electrons. The highest BCUT2D eigenvalue weighted by Gasteiger charge is 2.23. The molecule has 1 aliphatic heterocycles. The van der Waals surface area contributed by atoms with Gasteiger partial charge in [-0.25, -0.2) is 4.79 Å². The maximum Gasteiger partial charge on any atom is 0.407 e. The third-order valence-corrected chi connectivity index (χ3v) is 2.84. The van der Waals surface area contributed by atoms with Crippen LogP contribution in [-0.2, 0) is 4.74 Å². The molecule has 1 unspecified atom stereocenters. The summed E-state index contributed by atoms with van der Waals surface area (Å²) >= 11 is 0. The van der Waals surface area contributed by atoms with E-state index in [0.29, 0.717) is 18.0 Å². The summed E-state index contributed by atoms with van der Waals surface area (Å²) in [6.45, 7) is 2.37. The van der Waals surface area contributed by atoms with Crippen molar-refractivity contribution in [1.82, 2.24) is 5.32 Å². The van der Waals surface area contributed by atoms with E-state index in [9.17, 15) is 9.90 Å². The maximum absolute atomic E-state index is 10.9. The van der Waals surface area contributed by atoms with Gasteiger partial charge in [-0.2, -0.15) is 0 Å². The second-order valence-corrected chi connectivity index (χ2v) is 4.31. The molecule has 1 aromatic carbocycles. The van der Waals surface area contributed by atoms with Crippen LogP contribution in [0.25, 0.3) is 0 Å². The van der Waals surface area contributed by atoms with Crippen molar-refractivity contribution < 1.29 is 24.1 Å². The van der Waals surface area contributed by atoms with Gasteiger partial charge >= 0.3 is 6.09 Å². The summed E-state index contributed by atoms with van der Waals surface area (Å²) in [4.78, 5) is 10.9. The van der Waals surface area contributed by atoms with Crippen molar-refractivity contribution in [3.8, 4) is 11.5 Å². The third kappa shape index (κ3) is 3.29. The van der Waals surface area contributed by atoms with Gasteiger partial charge in [-0.1, -0.05) is 6.07 Å². The summed E-state index contributed by atoms with van der Waals surface area (Å²) in [5.74, 6) is 1.09. The Morgan fingerprint density at radius 2 is 2.32 bits per heavy atom. The number of cyclic esters (lactones) is 1. The fraction of sp³-hybridized carbons (Fsp3) is 0.462. The quantitative estimate of drug-likeness (QED) is 0.839. The first kappa shape index (κ1) is 13.5. The molecule has 6 nitrogen and oxygen atoms in total. The molecule has 2 rings (SSSR count). The largest absolute Gasteiger partial charge is 0.493 e. The fourth-order valence-electron chi connectivity index (χ4n) is 1.77. The number of rotatable bonds is 5. The van der Waals surface area contributed by atoms with E-state index in [0.717, 1.165) is 5.56 Å². The van der Waals surface area contributed by atoms with Crippen LogP contribution in [0.3, 0.4) is 0 Å². The predicted molar refractivity (Wildman–Crippen MR) is 67.4 cm³/mol. The predicted octanol–water partition coefficient (Wildman–Crippen LogP) is 1.24. The third-order valence-electron chi connectivity index (χ3n) is 2.84. The zero-order chi connectivity index (χ0) is 13.8. The van der Waals surface area contributed by atoms with Gasteiger partial charge in [-0.15, -0.1) is 0 Å². The molecule has 0 aromatic heterocycles. The highest BCUT2D eigenvalue weighted by atomic mass is 16.6. The highest BCUT2D eigenvalue weighted by molar-refractivity contribution is 5.69. The SMILES string of the molecule is COc1cc([C@@H](C)O)ccc1OCC1CNC(=O)O1. The number of amides is 1. The van der Waals surface area contributed by atoms with Crippen LogP contribution in [0.4, 0.5) is 4.79 Å². The maximum atomic E-state index is 10.9. The average Bonchev–Trinajstić information content (AvgIpc) is 2.81. The molecule has 1 aromatic rings. The zero-order valence-corrected chi connectivity index (χ0v) is 10.9. The molecule has 2 atom stereocenters. The molecule has 6 heteroatoms. The molecule has 0 bridgehead atoms. The first-order valence-corrected chi connectivity index (χ1v) is 6.03. The second-order valence-electron chi connectivity index (χ2n) is 4.31. The van der Waals surface area contributed by atoms with Gasteiger partial charge in [-0.3, -0.25) is 0 Å². The van der Waals surface area contributed by atoms with E-state index in [1.54, 1.807) is 25.1 Å². The Morgan fingerprint density at radius 1 is 1.53 bits per heavy atom. The molecule has 1 fully saturated rings. The zero-order valence-electron chi connectivity index (χ0n) is 10.9. The van der Waals surface area contributed by atoms with Crippen molar-refractivity contribution in [3.63, 3.8) is 0 Å². The van der Waals surface area contributed by atoms with E-state index in [2.05, 4.69) is 5.32 Å². The van der Waals surface area contributed by atoms with Crippen LogP contribution >= 0.6 is 0 Å². The number of hydrogen-bond donors (Lipinski definition) is 2. The Bertz CT molecular complexity index is 460. The summed E-state index contributed by atoms with van der Waals surface area (Å²) in [6.07, 6.45) is -1.29. The molecule has 0 aliphatic carbocycles. The Labute approximate surface area is 111 Å². The van der Waals surface area contributed by atoms with Gasteiger partial charge < -0.3 is 24.6 Å². The Morgan fingerprint density at radius 3 is 2.89 bits per heavy atom. The molecule has 1 aliphatic rings. The van der Waals surface area contributed by atoms with Gasteiger partial charge in [0.1, 0.15) is 6.61 Å². The Kier molecular flexibility index (Phi) is 4.11. The summed E-state index contributed by atoms with van der Waals surface area (Å²) in [6, 6.07) is 5.21. The lowest BCUT2D eigenvalue weighted by Crippen LogP contribution is -2.22. The molecule has 104 valence electrons. The summed E-state index contributed by atoms with van der Waals surface area (Å²) in [7, 11) is 1.53. The number of aliphatic hydroxyl groups is 1. The number of alkyl carbamates (subject to hydrolysis) is 1. The van der Waals surface area contributed by atoms with Gasteiger partial charge in [0.05, 0.1) is 19.8 Å². The van der Waals surface area contributed by atoms with Crippen molar-refractivity contribution >= 4 is 6.09 Å². The number of ether oxygens (including phenoxy) is 3. The Balaban J connectivity index is 2.01. The minimum Gasteiger partial charge on any atom is -0.493 e. The van der Waals surface area contributed by atoms with Crippen molar-refractivity contribution in [2.75, 3.05) is 20.3 Å². The van der Waals surface area contributed by atoms with Crippen LogP contribution in [0.5, 0.6) is 11.5 Å². The van der Waals surface area contributed by atoms with Crippen LogP contribution < -0.4 is 14.8 Å². The number of nitrogens with one attached hydrogen (secondary N) is 1. The van der Waals surface area contributed by atoms with Gasteiger partial charge in [0.25, 0.3) is 0 Å². The van der Waals surface area contributed by atoms with Gasteiger partial charge in [0.15, 0.2) is 17.6 Å². The number of methoxy groups -OCH3 is 1.